The van der Waals surface area contributed by atoms with E-state index in [1.165, 1.54) is 4.90 Å². The Morgan fingerprint density at radius 2 is 1.89 bits per heavy atom. The van der Waals surface area contributed by atoms with Crippen molar-refractivity contribution < 1.29 is 18.7 Å². The van der Waals surface area contributed by atoms with Crippen molar-refractivity contribution in [3.8, 4) is 6.07 Å². The van der Waals surface area contributed by atoms with Crippen LogP contribution in [0.3, 0.4) is 0 Å². The van der Waals surface area contributed by atoms with Gasteiger partial charge in [-0.3, -0.25) is 14.5 Å². The molecule has 0 aliphatic heterocycles. The van der Waals surface area contributed by atoms with Gasteiger partial charge in [0, 0.05) is 5.69 Å². The molecule has 1 heterocycles. The second-order valence-electron chi connectivity index (χ2n) is 5.37. The maximum absolute atomic E-state index is 12.3. The van der Waals surface area contributed by atoms with E-state index < -0.39 is 18.5 Å². The molecule has 0 radical (unpaired) electrons. The predicted molar refractivity (Wildman–Crippen MR) is 100 cm³/mol. The summed E-state index contributed by atoms with van der Waals surface area (Å²) in [7, 11) is 0. The van der Waals surface area contributed by atoms with Gasteiger partial charge in [-0.05, 0) is 24.3 Å². The Labute approximate surface area is 159 Å². The number of thioether (sulfide) groups is 1. The summed E-state index contributed by atoms with van der Waals surface area (Å²) in [5.41, 5.74) is 1.91. The summed E-state index contributed by atoms with van der Waals surface area (Å²) in [6.45, 7) is -0.568. The van der Waals surface area contributed by atoms with Crippen LogP contribution in [0.15, 0.2) is 64.2 Å². The molecule has 0 atom stereocenters. The molecule has 27 heavy (non-hydrogen) atoms. The lowest BCUT2D eigenvalue weighted by atomic mass is 10.3. The van der Waals surface area contributed by atoms with Crippen LogP contribution in [0, 0.1) is 11.3 Å². The minimum Gasteiger partial charge on any atom is -0.455 e. The van der Waals surface area contributed by atoms with Crippen molar-refractivity contribution in [2.45, 2.75) is 5.22 Å². The van der Waals surface area contributed by atoms with E-state index in [4.69, 9.17) is 14.4 Å². The Morgan fingerprint density at radius 3 is 2.63 bits per heavy atom. The molecule has 0 saturated heterocycles. The number of oxazole rings is 1. The van der Waals surface area contributed by atoms with Crippen molar-refractivity contribution in [3.63, 3.8) is 0 Å². The summed E-state index contributed by atoms with van der Waals surface area (Å²) in [5.74, 6) is -1.08. The fourth-order valence-electron chi connectivity index (χ4n) is 2.30. The average Bonchev–Trinajstić information content (AvgIpc) is 3.12. The highest BCUT2D eigenvalue weighted by atomic mass is 32.2. The number of benzene rings is 2. The number of carbonyl (C=O) groups is 2. The fourth-order valence-corrected chi connectivity index (χ4v) is 2.93. The molecule has 136 valence electrons. The third-order valence-corrected chi connectivity index (χ3v) is 4.34. The lowest BCUT2D eigenvalue weighted by Gasteiger charge is -2.19. The zero-order valence-electron chi connectivity index (χ0n) is 14.2. The van der Waals surface area contributed by atoms with Gasteiger partial charge in [0.15, 0.2) is 12.2 Å². The zero-order chi connectivity index (χ0) is 19.1. The number of hydrogen-bond donors (Lipinski definition) is 0. The second-order valence-corrected chi connectivity index (χ2v) is 6.30. The highest BCUT2D eigenvalue weighted by Crippen LogP contribution is 2.23. The monoisotopic (exact) mass is 381 g/mol. The summed E-state index contributed by atoms with van der Waals surface area (Å²) in [6, 6.07) is 18.0. The van der Waals surface area contributed by atoms with Crippen LogP contribution in [0.5, 0.6) is 0 Å². The molecule has 7 nitrogen and oxygen atoms in total. The molecule has 0 bridgehead atoms. The third-order valence-electron chi connectivity index (χ3n) is 3.54. The number of para-hydroxylation sites is 3. The summed E-state index contributed by atoms with van der Waals surface area (Å²) in [6.07, 6.45) is 0. The fraction of sp³-hybridized carbons (Fsp3) is 0.158. The third kappa shape index (κ3) is 4.86. The number of ether oxygens (including phenoxy) is 1. The Balaban J connectivity index is 1.51. The Kier molecular flexibility index (Phi) is 6.07. The highest BCUT2D eigenvalue weighted by molar-refractivity contribution is 7.99. The van der Waals surface area contributed by atoms with Gasteiger partial charge in [-0.2, -0.15) is 5.26 Å². The van der Waals surface area contributed by atoms with Crippen molar-refractivity contribution in [3.05, 3.63) is 54.6 Å². The molecule has 0 aliphatic rings. The molecule has 1 amide bonds. The molecule has 1 aromatic heterocycles. The summed E-state index contributed by atoms with van der Waals surface area (Å²) in [5, 5.41) is 9.28. The first-order valence-corrected chi connectivity index (χ1v) is 9.02. The number of esters is 1. The van der Waals surface area contributed by atoms with E-state index in [1.807, 2.05) is 30.3 Å². The Hall–Kier alpha value is -3.31. The van der Waals surface area contributed by atoms with Crippen molar-refractivity contribution in [1.82, 2.24) is 4.98 Å². The Morgan fingerprint density at radius 1 is 1.15 bits per heavy atom. The molecule has 0 unspecified atom stereocenters. The van der Waals surface area contributed by atoms with E-state index in [0.29, 0.717) is 22.0 Å². The SMILES string of the molecule is N#CCN(C(=O)COC(=O)CSc1nc2ccccc2o1)c1ccccc1. The number of amides is 1. The van der Waals surface area contributed by atoms with Crippen LogP contribution in [0.2, 0.25) is 0 Å². The van der Waals surface area contributed by atoms with E-state index in [9.17, 15) is 9.59 Å². The number of aromatic nitrogens is 1. The molecule has 0 saturated carbocycles. The smallest absolute Gasteiger partial charge is 0.316 e. The predicted octanol–water partition coefficient (Wildman–Crippen LogP) is 3.02. The van der Waals surface area contributed by atoms with Crippen LogP contribution in [0.25, 0.3) is 11.1 Å². The van der Waals surface area contributed by atoms with Gasteiger partial charge in [-0.25, -0.2) is 4.98 Å². The number of rotatable bonds is 7. The van der Waals surface area contributed by atoms with Gasteiger partial charge < -0.3 is 9.15 Å². The number of carbonyl (C=O) groups excluding carboxylic acids is 2. The molecule has 0 fully saturated rings. The first-order chi connectivity index (χ1) is 13.2. The van der Waals surface area contributed by atoms with E-state index in [-0.39, 0.29) is 12.3 Å². The molecule has 8 heteroatoms. The van der Waals surface area contributed by atoms with Crippen molar-refractivity contribution in [2.75, 3.05) is 23.8 Å². The molecular weight excluding hydrogens is 366 g/mol. The van der Waals surface area contributed by atoms with Crippen LogP contribution < -0.4 is 4.90 Å². The first kappa shape index (κ1) is 18.5. The van der Waals surface area contributed by atoms with E-state index in [0.717, 1.165) is 11.8 Å². The maximum atomic E-state index is 12.3. The van der Waals surface area contributed by atoms with Gasteiger partial charge in [0.1, 0.15) is 17.8 Å². The average molecular weight is 381 g/mol. The van der Waals surface area contributed by atoms with Gasteiger partial charge in [0.05, 0.1) is 6.07 Å². The lowest BCUT2D eigenvalue weighted by Crippen LogP contribution is -2.35. The topological polar surface area (TPSA) is 96.4 Å². The van der Waals surface area contributed by atoms with Gasteiger partial charge in [-0.15, -0.1) is 0 Å². The van der Waals surface area contributed by atoms with Crippen LogP contribution in [0.1, 0.15) is 0 Å². The second kappa shape index (κ2) is 8.87. The van der Waals surface area contributed by atoms with Crippen molar-refractivity contribution in [1.29, 1.82) is 5.26 Å². The molecule has 0 N–H and O–H groups in total. The minimum absolute atomic E-state index is 0.0380. The van der Waals surface area contributed by atoms with Gasteiger partial charge in [0.2, 0.25) is 0 Å². The highest BCUT2D eigenvalue weighted by Gasteiger charge is 2.18. The lowest BCUT2D eigenvalue weighted by molar-refractivity contribution is -0.145. The van der Waals surface area contributed by atoms with Crippen LogP contribution >= 0.6 is 11.8 Å². The number of fused-ring (bicyclic) bond motifs is 1. The van der Waals surface area contributed by atoms with Crippen LogP contribution in [-0.4, -0.2) is 35.8 Å². The van der Waals surface area contributed by atoms with Crippen LogP contribution in [-0.2, 0) is 14.3 Å². The summed E-state index contributed by atoms with van der Waals surface area (Å²) in [4.78, 5) is 29.7. The standard InChI is InChI=1S/C19H15N3O4S/c20-10-11-22(14-6-2-1-3-7-14)17(23)12-25-18(24)13-27-19-21-15-8-4-5-9-16(15)26-19/h1-9H,11-13H2. The minimum atomic E-state index is -0.569. The van der Waals surface area contributed by atoms with E-state index >= 15 is 0 Å². The summed E-state index contributed by atoms with van der Waals surface area (Å²) < 4.78 is 10.5. The summed E-state index contributed by atoms with van der Waals surface area (Å²) >= 11 is 1.09. The van der Waals surface area contributed by atoms with Crippen molar-refractivity contribution >= 4 is 40.4 Å². The van der Waals surface area contributed by atoms with E-state index in [1.54, 1.807) is 30.3 Å². The molecule has 0 aliphatic carbocycles. The van der Waals surface area contributed by atoms with E-state index in [2.05, 4.69) is 4.98 Å². The van der Waals surface area contributed by atoms with Gasteiger partial charge in [-0.1, -0.05) is 42.1 Å². The number of hydrogen-bond acceptors (Lipinski definition) is 7. The molecular formula is C19H15N3O4S. The van der Waals surface area contributed by atoms with Gasteiger partial charge >= 0.3 is 5.97 Å². The maximum Gasteiger partial charge on any atom is 0.316 e. The van der Waals surface area contributed by atoms with Gasteiger partial charge in [0.25, 0.3) is 11.1 Å². The van der Waals surface area contributed by atoms with Crippen molar-refractivity contribution in [2.24, 2.45) is 0 Å². The number of nitriles is 1. The number of anilines is 1. The van der Waals surface area contributed by atoms with Crippen LogP contribution in [0.4, 0.5) is 5.69 Å². The quantitative estimate of drug-likeness (QED) is 0.352. The normalized spacial score (nSPS) is 10.3. The first-order valence-electron chi connectivity index (χ1n) is 8.04. The zero-order valence-corrected chi connectivity index (χ0v) is 15.0. The number of nitrogens with zero attached hydrogens (tertiary/aromatic N) is 3. The molecule has 2 aromatic carbocycles. The molecule has 3 aromatic rings. The largest absolute Gasteiger partial charge is 0.455 e. The molecule has 3 rings (SSSR count). The Bertz CT molecular complexity index is 948. The molecule has 0 spiro atoms.